The molecule has 19 heavy (non-hydrogen) atoms. The van der Waals surface area contributed by atoms with E-state index in [0.29, 0.717) is 32.8 Å². The molecule has 0 saturated heterocycles. The van der Waals surface area contributed by atoms with E-state index in [-0.39, 0.29) is 18.6 Å². The summed E-state index contributed by atoms with van der Waals surface area (Å²) >= 11 is 0. The number of aliphatic carboxylic acids is 1. The topological polar surface area (TPSA) is 88.1 Å². The van der Waals surface area contributed by atoms with Crippen LogP contribution >= 0.6 is 0 Å². The van der Waals surface area contributed by atoms with Crippen LogP contribution in [0.3, 0.4) is 0 Å². The summed E-state index contributed by atoms with van der Waals surface area (Å²) in [5, 5.41) is 11.5. The minimum absolute atomic E-state index is 0.0917. The van der Waals surface area contributed by atoms with Crippen LogP contribution in [0.1, 0.15) is 19.3 Å². The van der Waals surface area contributed by atoms with Crippen LogP contribution < -0.4 is 5.32 Å². The first-order chi connectivity index (χ1) is 9.15. The second-order valence-corrected chi connectivity index (χ2v) is 4.44. The van der Waals surface area contributed by atoms with Gasteiger partial charge in [0.2, 0.25) is 0 Å². The van der Waals surface area contributed by atoms with Crippen molar-refractivity contribution in [1.82, 2.24) is 10.2 Å². The highest BCUT2D eigenvalue weighted by atomic mass is 16.5. The van der Waals surface area contributed by atoms with Crippen molar-refractivity contribution < 1.29 is 24.2 Å². The van der Waals surface area contributed by atoms with Gasteiger partial charge in [0, 0.05) is 26.3 Å². The summed E-state index contributed by atoms with van der Waals surface area (Å²) in [6.07, 6.45) is 2.47. The maximum absolute atomic E-state index is 11.8. The molecule has 0 aromatic rings. The van der Waals surface area contributed by atoms with Gasteiger partial charge in [0.25, 0.3) is 0 Å². The van der Waals surface area contributed by atoms with Crippen molar-refractivity contribution in [1.29, 1.82) is 0 Å². The van der Waals surface area contributed by atoms with Crippen molar-refractivity contribution >= 4 is 12.0 Å². The molecule has 0 aromatic heterocycles. The number of nitrogens with zero attached hydrogens (tertiary/aromatic N) is 1. The summed E-state index contributed by atoms with van der Waals surface area (Å²) in [6.45, 7) is 1.89. The Balaban J connectivity index is 2.09. The number of urea groups is 1. The molecule has 0 unspecified atom stereocenters. The zero-order valence-corrected chi connectivity index (χ0v) is 11.3. The second kappa shape index (κ2) is 8.71. The van der Waals surface area contributed by atoms with Gasteiger partial charge in [0.05, 0.1) is 13.2 Å². The van der Waals surface area contributed by atoms with Gasteiger partial charge < -0.3 is 24.8 Å². The number of ether oxygens (including phenoxy) is 2. The summed E-state index contributed by atoms with van der Waals surface area (Å²) in [4.78, 5) is 23.8. The molecule has 0 aliphatic heterocycles. The molecule has 7 nitrogen and oxygen atoms in total. The monoisotopic (exact) mass is 274 g/mol. The lowest BCUT2D eigenvalue weighted by molar-refractivity contribution is -0.137. The van der Waals surface area contributed by atoms with Gasteiger partial charge in [-0.15, -0.1) is 0 Å². The van der Waals surface area contributed by atoms with Gasteiger partial charge in [-0.2, -0.15) is 0 Å². The molecule has 0 radical (unpaired) electrons. The average molecular weight is 274 g/mol. The normalized spacial score (nSPS) is 14.2. The molecular formula is C12H22N2O5. The molecular weight excluding hydrogens is 252 g/mol. The first kappa shape index (κ1) is 15.7. The van der Waals surface area contributed by atoms with Crippen LogP contribution in [0, 0.1) is 0 Å². The highest BCUT2D eigenvalue weighted by Gasteiger charge is 2.33. The molecule has 0 bridgehead atoms. The van der Waals surface area contributed by atoms with Gasteiger partial charge >= 0.3 is 12.0 Å². The summed E-state index contributed by atoms with van der Waals surface area (Å²) in [6, 6.07) is -0.212. The third-order valence-electron chi connectivity index (χ3n) is 2.73. The Hall–Kier alpha value is -1.34. The Kier molecular flexibility index (Phi) is 7.20. The van der Waals surface area contributed by atoms with E-state index in [2.05, 4.69) is 5.32 Å². The van der Waals surface area contributed by atoms with Gasteiger partial charge in [-0.05, 0) is 19.3 Å². The lowest BCUT2D eigenvalue weighted by Crippen LogP contribution is -2.44. The predicted octanol–water partition coefficient (Wildman–Crippen LogP) is 0.298. The molecule has 0 spiro atoms. The first-order valence-corrected chi connectivity index (χ1v) is 6.48. The van der Waals surface area contributed by atoms with E-state index in [9.17, 15) is 9.59 Å². The van der Waals surface area contributed by atoms with Gasteiger partial charge in [-0.1, -0.05) is 0 Å². The van der Waals surface area contributed by atoms with E-state index in [1.54, 1.807) is 7.11 Å². The quantitative estimate of drug-likeness (QED) is 0.559. The fraction of sp³-hybridized carbons (Fsp3) is 0.833. The lowest BCUT2D eigenvalue weighted by atomic mass is 10.4. The largest absolute Gasteiger partial charge is 0.480 e. The van der Waals surface area contributed by atoms with Crippen molar-refractivity contribution in [2.45, 2.75) is 25.3 Å². The predicted molar refractivity (Wildman–Crippen MR) is 68.1 cm³/mol. The Morgan fingerprint density at radius 3 is 2.63 bits per heavy atom. The Morgan fingerprint density at radius 1 is 1.32 bits per heavy atom. The summed E-state index contributed by atoms with van der Waals surface area (Å²) < 4.78 is 10.1. The van der Waals surface area contributed by atoms with Crippen LogP contribution in [0.25, 0.3) is 0 Å². The van der Waals surface area contributed by atoms with Gasteiger partial charge in [-0.25, -0.2) is 4.79 Å². The number of hydrogen-bond acceptors (Lipinski definition) is 4. The Labute approximate surface area is 112 Å². The molecule has 1 aliphatic carbocycles. The van der Waals surface area contributed by atoms with Crippen molar-refractivity contribution in [3.63, 3.8) is 0 Å². The van der Waals surface area contributed by atoms with Crippen LogP contribution in [0.15, 0.2) is 0 Å². The zero-order chi connectivity index (χ0) is 14.1. The van der Waals surface area contributed by atoms with Gasteiger partial charge in [0.15, 0.2) is 0 Å². The molecule has 1 rings (SSSR count). The van der Waals surface area contributed by atoms with E-state index in [1.807, 2.05) is 0 Å². The third kappa shape index (κ3) is 6.97. The molecule has 2 N–H and O–H groups in total. The minimum Gasteiger partial charge on any atom is -0.480 e. The number of methoxy groups -OCH3 is 1. The van der Waals surface area contributed by atoms with Gasteiger partial charge in [0.1, 0.15) is 6.54 Å². The molecule has 7 heteroatoms. The molecule has 2 amide bonds. The van der Waals surface area contributed by atoms with E-state index >= 15 is 0 Å². The average Bonchev–Trinajstić information content (AvgIpc) is 3.18. The number of hydrogen-bond donors (Lipinski definition) is 2. The first-order valence-electron chi connectivity index (χ1n) is 6.48. The molecule has 1 aliphatic rings. The number of carboxylic acid groups (broad SMARTS) is 1. The molecule has 1 fully saturated rings. The second-order valence-electron chi connectivity index (χ2n) is 4.44. The summed E-state index contributed by atoms with van der Waals surface area (Å²) in [5.74, 6) is -0.982. The number of carbonyl (C=O) groups is 2. The van der Waals surface area contributed by atoms with E-state index in [0.717, 1.165) is 12.8 Å². The lowest BCUT2D eigenvalue weighted by Gasteiger charge is -2.20. The number of nitrogens with one attached hydrogen (secondary N) is 1. The van der Waals surface area contributed by atoms with Crippen molar-refractivity contribution in [2.24, 2.45) is 0 Å². The molecule has 1 saturated carbocycles. The van der Waals surface area contributed by atoms with E-state index in [4.69, 9.17) is 14.6 Å². The smallest absolute Gasteiger partial charge is 0.323 e. The van der Waals surface area contributed by atoms with Gasteiger partial charge in [-0.3, -0.25) is 4.79 Å². The van der Waals surface area contributed by atoms with Crippen LogP contribution in [0.2, 0.25) is 0 Å². The number of amides is 2. The molecule has 110 valence electrons. The minimum atomic E-state index is -0.982. The number of rotatable bonds is 10. The Morgan fingerprint density at radius 2 is 2.05 bits per heavy atom. The maximum Gasteiger partial charge on any atom is 0.323 e. The third-order valence-corrected chi connectivity index (χ3v) is 2.73. The number of carboxylic acids is 1. The molecule has 0 aromatic carbocycles. The summed E-state index contributed by atoms with van der Waals surface area (Å²) in [5.41, 5.74) is 0. The number of carbonyl (C=O) groups excluding carboxylic acids is 1. The zero-order valence-electron chi connectivity index (χ0n) is 11.3. The standard InChI is InChI=1S/C12H22N2O5/c1-18-7-8-19-6-2-5-13-12(17)14(9-11(15)16)10-3-4-10/h10H,2-9H2,1H3,(H,13,17)(H,15,16). The summed E-state index contributed by atoms with van der Waals surface area (Å²) in [7, 11) is 1.61. The van der Waals surface area contributed by atoms with Crippen LogP contribution in [0.4, 0.5) is 4.79 Å². The fourth-order valence-electron chi connectivity index (χ4n) is 1.61. The molecule has 0 heterocycles. The molecule has 0 atom stereocenters. The van der Waals surface area contributed by atoms with Crippen molar-refractivity contribution in [2.75, 3.05) is 40.0 Å². The van der Waals surface area contributed by atoms with E-state index < -0.39 is 5.97 Å². The maximum atomic E-state index is 11.8. The van der Waals surface area contributed by atoms with Crippen LogP contribution in [-0.2, 0) is 14.3 Å². The van der Waals surface area contributed by atoms with Crippen molar-refractivity contribution in [3.05, 3.63) is 0 Å². The Bertz CT molecular complexity index is 294. The highest BCUT2D eigenvalue weighted by Crippen LogP contribution is 2.26. The fourth-order valence-corrected chi connectivity index (χ4v) is 1.61. The SMILES string of the molecule is COCCOCCCNC(=O)N(CC(=O)O)C1CC1. The van der Waals surface area contributed by atoms with Crippen molar-refractivity contribution in [3.8, 4) is 0 Å². The van der Waals surface area contributed by atoms with Crippen LogP contribution in [0.5, 0.6) is 0 Å². The van der Waals surface area contributed by atoms with Crippen LogP contribution in [-0.4, -0.2) is 68.1 Å². The highest BCUT2D eigenvalue weighted by molar-refractivity contribution is 5.80. The van der Waals surface area contributed by atoms with E-state index in [1.165, 1.54) is 4.90 Å².